The average Bonchev–Trinajstić information content (AvgIpc) is 2.70. The van der Waals surface area contributed by atoms with Gasteiger partial charge in [-0.3, -0.25) is 4.68 Å². The van der Waals surface area contributed by atoms with Gasteiger partial charge in [0.15, 0.2) is 9.84 Å². The second-order valence-corrected chi connectivity index (χ2v) is 6.87. The summed E-state index contributed by atoms with van der Waals surface area (Å²) in [5.41, 5.74) is 7.30. The Bertz CT molecular complexity index is 679. The van der Waals surface area contributed by atoms with Gasteiger partial charge in [-0.25, -0.2) is 8.42 Å². The zero-order valence-electron chi connectivity index (χ0n) is 9.67. The van der Waals surface area contributed by atoms with Crippen LogP contribution in [-0.2, 0) is 16.4 Å². The van der Waals surface area contributed by atoms with Crippen LogP contribution >= 0.6 is 15.9 Å². The summed E-state index contributed by atoms with van der Waals surface area (Å²) in [5.74, 6) is 0. The maximum Gasteiger partial charge on any atom is 0.178 e. The van der Waals surface area contributed by atoms with Crippen molar-refractivity contribution < 1.29 is 8.42 Å². The smallest absolute Gasteiger partial charge is 0.178 e. The van der Waals surface area contributed by atoms with Crippen LogP contribution < -0.4 is 5.73 Å². The van der Waals surface area contributed by atoms with E-state index in [4.69, 9.17) is 5.73 Å². The summed E-state index contributed by atoms with van der Waals surface area (Å²) in [4.78, 5) is 0.217. The Morgan fingerprint density at radius 1 is 1.44 bits per heavy atom. The van der Waals surface area contributed by atoms with Crippen LogP contribution in [0.2, 0.25) is 0 Å². The normalized spacial score (nSPS) is 11.7. The third-order valence-corrected chi connectivity index (χ3v) is 4.25. The lowest BCUT2D eigenvalue weighted by Crippen LogP contribution is -2.01. The lowest BCUT2D eigenvalue weighted by Gasteiger charge is -2.05. The molecular formula is C11H12BrN3O2S. The predicted molar refractivity (Wildman–Crippen MR) is 73.0 cm³/mol. The molecule has 0 unspecified atom stereocenters. The molecular weight excluding hydrogens is 318 g/mol. The van der Waals surface area contributed by atoms with Crippen LogP contribution in [0.4, 0.5) is 5.69 Å². The van der Waals surface area contributed by atoms with E-state index in [1.807, 2.05) is 6.07 Å². The fourth-order valence-electron chi connectivity index (χ4n) is 1.49. The molecule has 0 spiro atoms. The van der Waals surface area contributed by atoms with Crippen LogP contribution in [-0.4, -0.2) is 24.5 Å². The molecule has 0 fully saturated rings. The van der Waals surface area contributed by atoms with Gasteiger partial charge in [0.25, 0.3) is 0 Å². The van der Waals surface area contributed by atoms with E-state index in [1.165, 1.54) is 12.4 Å². The molecule has 2 N–H and O–H groups in total. The van der Waals surface area contributed by atoms with Gasteiger partial charge in [-0.05, 0) is 17.7 Å². The van der Waals surface area contributed by atoms with Crippen molar-refractivity contribution in [2.75, 3.05) is 12.0 Å². The predicted octanol–water partition coefficient (Wildman–Crippen LogP) is 1.68. The van der Waals surface area contributed by atoms with Gasteiger partial charge >= 0.3 is 0 Å². The van der Waals surface area contributed by atoms with Crippen LogP contribution in [0.25, 0.3) is 0 Å². The second kappa shape index (κ2) is 4.74. The summed E-state index contributed by atoms with van der Waals surface area (Å²) in [7, 11) is -3.21. The van der Waals surface area contributed by atoms with Gasteiger partial charge in [0.2, 0.25) is 0 Å². The molecule has 1 aromatic carbocycles. The third-order valence-electron chi connectivity index (χ3n) is 2.45. The molecule has 0 saturated carbocycles. The zero-order valence-corrected chi connectivity index (χ0v) is 12.1. The van der Waals surface area contributed by atoms with Crippen LogP contribution in [0.1, 0.15) is 5.56 Å². The summed E-state index contributed by atoms with van der Waals surface area (Å²) < 4.78 is 25.1. The SMILES string of the molecule is CS(=O)(=O)c1cnn(Cc2ccc(N)cc2Br)c1. The van der Waals surface area contributed by atoms with Gasteiger partial charge in [0, 0.05) is 22.6 Å². The van der Waals surface area contributed by atoms with E-state index in [2.05, 4.69) is 21.0 Å². The van der Waals surface area contributed by atoms with Gasteiger partial charge in [0.1, 0.15) is 4.90 Å². The Labute approximate surface area is 114 Å². The minimum Gasteiger partial charge on any atom is -0.399 e. The topological polar surface area (TPSA) is 78.0 Å². The molecule has 1 aromatic heterocycles. The highest BCUT2D eigenvalue weighted by Crippen LogP contribution is 2.21. The van der Waals surface area contributed by atoms with Gasteiger partial charge in [-0.2, -0.15) is 5.10 Å². The number of sulfone groups is 1. The summed E-state index contributed by atoms with van der Waals surface area (Å²) in [5, 5.41) is 4.03. The standard InChI is InChI=1S/C11H12BrN3O2S/c1-18(16,17)10-5-14-15(7-10)6-8-2-3-9(13)4-11(8)12/h2-5,7H,6,13H2,1H3. The number of benzene rings is 1. The number of anilines is 1. The van der Waals surface area contributed by atoms with Crippen molar-refractivity contribution in [1.29, 1.82) is 0 Å². The minimum absolute atomic E-state index is 0.217. The first-order valence-corrected chi connectivity index (χ1v) is 7.81. The Morgan fingerprint density at radius 3 is 2.72 bits per heavy atom. The molecule has 2 rings (SSSR count). The molecule has 1 heterocycles. The van der Waals surface area contributed by atoms with E-state index in [9.17, 15) is 8.42 Å². The highest BCUT2D eigenvalue weighted by atomic mass is 79.9. The molecule has 2 aromatic rings. The maximum atomic E-state index is 11.3. The van der Waals surface area contributed by atoms with Crippen molar-refractivity contribution in [2.24, 2.45) is 0 Å². The highest BCUT2D eigenvalue weighted by molar-refractivity contribution is 9.10. The molecule has 0 aliphatic carbocycles. The number of nitrogens with two attached hydrogens (primary N) is 1. The number of aromatic nitrogens is 2. The number of nitrogen functional groups attached to an aromatic ring is 1. The number of rotatable bonds is 3. The fraction of sp³-hybridized carbons (Fsp3) is 0.182. The van der Waals surface area contributed by atoms with Gasteiger partial charge in [-0.15, -0.1) is 0 Å². The van der Waals surface area contributed by atoms with Gasteiger partial charge in [-0.1, -0.05) is 22.0 Å². The van der Waals surface area contributed by atoms with Crippen molar-refractivity contribution in [2.45, 2.75) is 11.4 Å². The zero-order chi connectivity index (χ0) is 13.3. The van der Waals surface area contributed by atoms with Gasteiger partial charge < -0.3 is 5.73 Å². The molecule has 0 aliphatic rings. The summed E-state index contributed by atoms with van der Waals surface area (Å²) >= 11 is 3.41. The summed E-state index contributed by atoms with van der Waals surface area (Å²) in [6, 6.07) is 5.47. The minimum atomic E-state index is -3.21. The summed E-state index contributed by atoms with van der Waals surface area (Å²) in [6.07, 6.45) is 4.02. The molecule has 7 heteroatoms. The van der Waals surface area contributed by atoms with Crippen molar-refractivity contribution >= 4 is 31.5 Å². The third kappa shape index (κ3) is 2.91. The maximum absolute atomic E-state index is 11.3. The molecule has 18 heavy (non-hydrogen) atoms. The van der Waals surface area contributed by atoms with Crippen molar-refractivity contribution in [1.82, 2.24) is 9.78 Å². The molecule has 96 valence electrons. The first-order chi connectivity index (χ1) is 8.36. The lowest BCUT2D eigenvalue weighted by atomic mass is 10.2. The molecule has 0 aliphatic heterocycles. The molecule has 0 bridgehead atoms. The summed E-state index contributed by atoms with van der Waals surface area (Å²) in [6.45, 7) is 0.483. The highest BCUT2D eigenvalue weighted by Gasteiger charge is 2.10. The molecule has 0 atom stereocenters. The molecule has 5 nitrogen and oxygen atoms in total. The van der Waals surface area contributed by atoms with Crippen molar-refractivity contribution in [3.63, 3.8) is 0 Å². The monoisotopic (exact) mass is 329 g/mol. The van der Waals surface area contributed by atoms with E-state index in [1.54, 1.807) is 16.8 Å². The number of nitrogens with zero attached hydrogens (tertiary/aromatic N) is 2. The van der Waals surface area contributed by atoms with Crippen LogP contribution in [0, 0.1) is 0 Å². The second-order valence-electron chi connectivity index (χ2n) is 4.00. The molecule has 0 saturated heterocycles. The quantitative estimate of drug-likeness (QED) is 0.869. The first kappa shape index (κ1) is 13.1. The fourth-order valence-corrected chi connectivity index (χ4v) is 2.56. The first-order valence-electron chi connectivity index (χ1n) is 5.12. The van der Waals surface area contributed by atoms with E-state index in [0.29, 0.717) is 12.2 Å². The van der Waals surface area contributed by atoms with Crippen LogP contribution in [0.3, 0.4) is 0 Å². The van der Waals surface area contributed by atoms with E-state index in [-0.39, 0.29) is 4.90 Å². The molecule has 0 radical (unpaired) electrons. The van der Waals surface area contributed by atoms with Crippen molar-refractivity contribution in [3.8, 4) is 0 Å². The van der Waals surface area contributed by atoms with Gasteiger partial charge in [0.05, 0.1) is 12.7 Å². The van der Waals surface area contributed by atoms with Crippen LogP contribution in [0.5, 0.6) is 0 Å². The Hall–Kier alpha value is -1.34. The number of halogens is 1. The van der Waals surface area contributed by atoms with E-state index in [0.717, 1.165) is 16.3 Å². The Morgan fingerprint density at radius 2 is 2.17 bits per heavy atom. The average molecular weight is 330 g/mol. The Kier molecular flexibility index (Phi) is 3.45. The molecule has 0 amide bonds. The number of hydrogen-bond donors (Lipinski definition) is 1. The van der Waals surface area contributed by atoms with E-state index >= 15 is 0 Å². The van der Waals surface area contributed by atoms with Crippen molar-refractivity contribution in [3.05, 3.63) is 40.6 Å². The Balaban J connectivity index is 2.27. The number of hydrogen-bond acceptors (Lipinski definition) is 4. The lowest BCUT2D eigenvalue weighted by molar-refractivity contribution is 0.601. The largest absolute Gasteiger partial charge is 0.399 e. The van der Waals surface area contributed by atoms with E-state index < -0.39 is 9.84 Å². The van der Waals surface area contributed by atoms with Crippen LogP contribution in [0.15, 0.2) is 40.0 Å².